The first-order chi connectivity index (χ1) is 10.8. The molecule has 24 heavy (non-hydrogen) atoms. The van der Waals surface area contributed by atoms with Crippen LogP contribution >= 0.6 is 0 Å². The number of benzene rings is 2. The first kappa shape index (κ1) is 20.2. The highest BCUT2D eigenvalue weighted by molar-refractivity contribution is 5.38. The Kier molecular flexibility index (Phi) is 6.21. The van der Waals surface area contributed by atoms with Crippen molar-refractivity contribution < 1.29 is 9.50 Å². The summed E-state index contributed by atoms with van der Waals surface area (Å²) in [5.74, 6) is 0.282. The molecule has 0 bridgehead atoms. The van der Waals surface area contributed by atoms with Crippen LogP contribution in [0.3, 0.4) is 0 Å². The van der Waals surface area contributed by atoms with Crippen LogP contribution in [0, 0.1) is 19.7 Å². The van der Waals surface area contributed by atoms with Crippen LogP contribution < -0.4 is 0 Å². The number of rotatable bonds is 0. The van der Waals surface area contributed by atoms with E-state index in [0.717, 1.165) is 11.1 Å². The summed E-state index contributed by atoms with van der Waals surface area (Å²) < 4.78 is 13.1. The molecule has 0 aliphatic rings. The van der Waals surface area contributed by atoms with Gasteiger partial charge >= 0.3 is 0 Å². The lowest BCUT2D eigenvalue weighted by Gasteiger charge is -2.19. The molecule has 0 radical (unpaired) electrons. The predicted octanol–water partition coefficient (Wildman–Crippen LogP) is 6.43. The second-order valence-electron chi connectivity index (χ2n) is 8.47. The monoisotopic (exact) mass is 330 g/mol. The third kappa shape index (κ3) is 5.67. The third-order valence-corrected chi connectivity index (χ3v) is 4.11. The fraction of sp³-hybridized carbons (Fsp3) is 0.455. The maximum absolute atomic E-state index is 13.1. The normalized spacial score (nSPS) is 11.7. The number of halogens is 1. The van der Waals surface area contributed by atoms with Crippen molar-refractivity contribution in [2.24, 2.45) is 0 Å². The van der Waals surface area contributed by atoms with Crippen molar-refractivity contribution in [2.45, 2.75) is 66.2 Å². The highest BCUT2D eigenvalue weighted by atomic mass is 19.1. The summed E-state index contributed by atoms with van der Waals surface area (Å²) in [6.45, 7) is 16.3. The topological polar surface area (TPSA) is 20.2 Å². The van der Waals surface area contributed by atoms with Gasteiger partial charge in [-0.2, -0.15) is 0 Å². The van der Waals surface area contributed by atoms with E-state index in [1.54, 1.807) is 13.0 Å². The molecular weight excluding hydrogens is 299 g/mol. The zero-order valence-corrected chi connectivity index (χ0v) is 16.3. The lowest BCUT2D eigenvalue weighted by atomic mass is 9.86. The first-order valence-electron chi connectivity index (χ1n) is 8.39. The summed E-state index contributed by atoms with van der Waals surface area (Å²) in [6, 6.07) is 11.3. The Hall–Kier alpha value is -1.83. The van der Waals surface area contributed by atoms with Crippen LogP contribution in [-0.2, 0) is 10.8 Å². The van der Waals surface area contributed by atoms with Crippen molar-refractivity contribution in [1.29, 1.82) is 0 Å². The van der Waals surface area contributed by atoms with Gasteiger partial charge in [0.15, 0.2) is 0 Å². The summed E-state index contributed by atoms with van der Waals surface area (Å²) in [5, 5.41) is 9.46. The molecule has 0 unspecified atom stereocenters. The molecule has 1 N–H and O–H groups in total. The Balaban J connectivity index is 0.000000240. The molecule has 0 aliphatic heterocycles. The van der Waals surface area contributed by atoms with Gasteiger partial charge in [-0.25, -0.2) is 4.39 Å². The van der Waals surface area contributed by atoms with Gasteiger partial charge in [0.05, 0.1) is 0 Å². The van der Waals surface area contributed by atoms with E-state index in [1.165, 1.54) is 5.56 Å². The Morgan fingerprint density at radius 1 is 0.708 bits per heavy atom. The van der Waals surface area contributed by atoms with Crippen LogP contribution in [0.2, 0.25) is 0 Å². The maximum atomic E-state index is 13.1. The molecule has 0 atom stereocenters. The van der Waals surface area contributed by atoms with Gasteiger partial charge in [0, 0.05) is 0 Å². The molecule has 2 rings (SSSR count). The van der Waals surface area contributed by atoms with Gasteiger partial charge in [0.1, 0.15) is 11.6 Å². The van der Waals surface area contributed by atoms with Crippen molar-refractivity contribution in [3.8, 4) is 5.75 Å². The molecular formula is C22H31FO. The fourth-order valence-electron chi connectivity index (χ4n) is 2.14. The van der Waals surface area contributed by atoms with E-state index < -0.39 is 0 Å². The minimum absolute atomic E-state index is 0.0362. The van der Waals surface area contributed by atoms with Gasteiger partial charge in [-0.3, -0.25) is 0 Å². The summed E-state index contributed by atoms with van der Waals surface area (Å²) in [4.78, 5) is 0. The van der Waals surface area contributed by atoms with E-state index in [0.29, 0.717) is 11.3 Å². The van der Waals surface area contributed by atoms with Crippen molar-refractivity contribution in [3.63, 3.8) is 0 Å². The Morgan fingerprint density at radius 2 is 1.12 bits per heavy atom. The number of aromatic hydroxyl groups is 1. The zero-order valence-electron chi connectivity index (χ0n) is 16.3. The summed E-state index contributed by atoms with van der Waals surface area (Å²) >= 11 is 0. The summed E-state index contributed by atoms with van der Waals surface area (Å²) in [7, 11) is 0. The van der Waals surface area contributed by atoms with E-state index in [9.17, 15) is 9.50 Å². The number of hydrogen-bond acceptors (Lipinski definition) is 1. The third-order valence-electron chi connectivity index (χ3n) is 4.11. The summed E-state index contributed by atoms with van der Waals surface area (Å²) in [5.41, 5.74) is 4.02. The molecule has 0 amide bonds. The van der Waals surface area contributed by atoms with E-state index >= 15 is 0 Å². The molecule has 0 fully saturated rings. The van der Waals surface area contributed by atoms with Crippen molar-refractivity contribution in [3.05, 3.63) is 64.5 Å². The average molecular weight is 330 g/mol. The minimum atomic E-state index is -0.109. The van der Waals surface area contributed by atoms with Crippen LogP contribution in [0.15, 0.2) is 36.4 Å². The van der Waals surface area contributed by atoms with Crippen LogP contribution in [0.5, 0.6) is 5.75 Å². The second kappa shape index (κ2) is 7.38. The largest absolute Gasteiger partial charge is 0.508 e. The second-order valence-corrected chi connectivity index (χ2v) is 8.47. The van der Waals surface area contributed by atoms with Crippen LogP contribution in [0.4, 0.5) is 4.39 Å². The van der Waals surface area contributed by atoms with Crippen molar-refractivity contribution in [2.75, 3.05) is 0 Å². The quantitative estimate of drug-likeness (QED) is 0.590. The van der Waals surface area contributed by atoms with E-state index in [-0.39, 0.29) is 16.6 Å². The molecule has 132 valence electrons. The predicted molar refractivity (Wildman–Crippen MR) is 101 cm³/mol. The van der Waals surface area contributed by atoms with E-state index in [4.69, 9.17) is 0 Å². The number of hydrogen-bond donors (Lipinski definition) is 1. The Morgan fingerprint density at radius 3 is 1.50 bits per heavy atom. The Labute approximate surface area is 146 Å². The molecule has 2 heteroatoms. The van der Waals surface area contributed by atoms with Crippen LogP contribution in [0.25, 0.3) is 0 Å². The fourth-order valence-corrected chi connectivity index (χ4v) is 2.14. The molecule has 0 saturated carbocycles. The van der Waals surface area contributed by atoms with E-state index in [1.807, 2.05) is 31.2 Å². The Bertz CT molecular complexity index is 627. The number of aryl methyl sites for hydroxylation is 2. The van der Waals surface area contributed by atoms with Gasteiger partial charge in [-0.1, -0.05) is 65.8 Å². The minimum Gasteiger partial charge on any atom is -0.508 e. The highest BCUT2D eigenvalue weighted by Crippen LogP contribution is 2.27. The molecule has 2 aromatic rings. The SMILES string of the molecule is Cc1ccc(C(C)(C)C)cc1F.Cc1ccc(C(C)(C)C)cc1O. The zero-order chi connectivity index (χ0) is 18.7. The molecule has 2 aromatic carbocycles. The van der Waals surface area contributed by atoms with Crippen molar-refractivity contribution >= 4 is 0 Å². The molecule has 0 aromatic heterocycles. The van der Waals surface area contributed by atoms with Crippen LogP contribution in [-0.4, -0.2) is 5.11 Å². The van der Waals surface area contributed by atoms with Gasteiger partial charge in [-0.15, -0.1) is 0 Å². The molecule has 0 spiro atoms. The van der Waals surface area contributed by atoms with Gasteiger partial charge < -0.3 is 5.11 Å². The van der Waals surface area contributed by atoms with Gasteiger partial charge in [-0.05, 0) is 59.1 Å². The summed E-state index contributed by atoms with van der Waals surface area (Å²) in [6.07, 6.45) is 0. The average Bonchev–Trinajstić information content (AvgIpc) is 2.43. The van der Waals surface area contributed by atoms with Gasteiger partial charge in [0.25, 0.3) is 0 Å². The number of phenols is 1. The number of phenolic OH excluding ortho intramolecular Hbond substituents is 1. The molecule has 1 nitrogen and oxygen atoms in total. The first-order valence-corrected chi connectivity index (χ1v) is 8.39. The lowest BCUT2D eigenvalue weighted by molar-refractivity contribution is 0.467. The molecule has 0 saturated heterocycles. The van der Waals surface area contributed by atoms with Crippen LogP contribution in [0.1, 0.15) is 63.8 Å². The van der Waals surface area contributed by atoms with E-state index in [2.05, 4.69) is 47.6 Å². The standard InChI is InChI=1S/C11H15F.C11H16O/c2*1-8-5-6-9(7-10(8)12)11(2,3)4/h5-7H,1-4H3;5-7,12H,1-4H3. The van der Waals surface area contributed by atoms with Crippen molar-refractivity contribution in [1.82, 2.24) is 0 Å². The smallest absolute Gasteiger partial charge is 0.126 e. The molecule has 0 heterocycles. The highest BCUT2D eigenvalue weighted by Gasteiger charge is 2.15. The lowest BCUT2D eigenvalue weighted by Crippen LogP contribution is -2.11. The van der Waals surface area contributed by atoms with Gasteiger partial charge in [0.2, 0.25) is 0 Å². The maximum Gasteiger partial charge on any atom is 0.126 e. The molecule has 0 aliphatic carbocycles.